The number of esters is 1. The molecule has 0 aromatic heterocycles. The molecule has 3 nitrogen and oxygen atoms in total. The van der Waals surface area contributed by atoms with Gasteiger partial charge in [-0.2, -0.15) is 8.78 Å². The molecular weight excluding hydrogens is 276 g/mol. The van der Waals surface area contributed by atoms with E-state index in [1.165, 1.54) is 12.1 Å². The summed E-state index contributed by atoms with van der Waals surface area (Å²) in [5.41, 5.74) is 0.0394. The zero-order valence-corrected chi connectivity index (χ0v) is 12.2. The van der Waals surface area contributed by atoms with Gasteiger partial charge >= 0.3 is 5.97 Å². The van der Waals surface area contributed by atoms with Crippen LogP contribution in [0.4, 0.5) is 8.78 Å². The van der Waals surface area contributed by atoms with E-state index in [2.05, 4.69) is 0 Å². The predicted octanol–water partition coefficient (Wildman–Crippen LogP) is 3.05. The number of hydrogen-bond acceptors (Lipinski definition) is 3. The van der Waals surface area contributed by atoms with E-state index < -0.39 is 5.92 Å². The van der Waals surface area contributed by atoms with Crippen LogP contribution in [0.5, 0.6) is 0 Å². The highest BCUT2D eigenvalue weighted by molar-refractivity contribution is 5.72. The van der Waals surface area contributed by atoms with Crippen LogP contribution in [0.3, 0.4) is 0 Å². The first-order valence-corrected chi connectivity index (χ1v) is 7.35. The second-order valence-corrected chi connectivity index (χ2v) is 5.37. The lowest BCUT2D eigenvalue weighted by Gasteiger charge is -2.33. The third kappa shape index (κ3) is 4.24. The molecule has 1 aliphatic rings. The summed E-state index contributed by atoms with van der Waals surface area (Å²) in [5.74, 6) is -3.21. The first kappa shape index (κ1) is 15.9. The molecule has 0 spiro atoms. The van der Waals surface area contributed by atoms with Crippen molar-refractivity contribution in [3.63, 3.8) is 0 Å². The van der Waals surface area contributed by atoms with Crippen molar-refractivity contribution in [2.75, 3.05) is 26.2 Å². The standard InChI is InChI=1S/C16H21F2NO2/c1-2-21-15(20)13-8-10-19(11-9-13)12-16(17,18)14-6-4-3-5-7-14/h3-7,13H,2,8-12H2,1H3. The van der Waals surface area contributed by atoms with Gasteiger partial charge in [-0.25, -0.2) is 0 Å². The Labute approximate surface area is 123 Å². The molecule has 0 radical (unpaired) electrons. The second-order valence-electron chi connectivity index (χ2n) is 5.37. The van der Waals surface area contributed by atoms with E-state index in [-0.39, 0.29) is 24.0 Å². The number of carbonyl (C=O) groups excluding carboxylic acids is 1. The molecule has 1 heterocycles. The van der Waals surface area contributed by atoms with Crippen LogP contribution in [-0.2, 0) is 15.5 Å². The van der Waals surface area contributed by atoms with Crippen LogP contribution in [0, 0.1) is 5.92 Å². The molecule has 0 aliphatic carbocycles. The lowest BCUT2D eigenvalue weighted by Crippen LogP contribution is -2.42. The molecule has 1 aromatic rings. The number of carbonyl (C=O) groups is 1. The number of halogens is 2. The van der Waals surface area contributed by atoms with Gasteiger partial charge in [0.2, 0.25) is 0 Å². The topological polar surface area (TPSA) is 29.5 Å². The molecule has 0 N–H and O–H groups in total. The van der Waals surface area contributed by atoms with Crippen LogP contribution < -0.4 is 0 Å². The number of piperidine rings is 1. The Morgan fingerprint density at radius 1 is 1.29 bits per heavy atom. The van der Waals surface area contributed by atoms with E-state index in [0.29, 0.717) is 32.5 Å². The number of ether oxygens (including phenoxy) is 1. The smallest absolute Gasteiger partial charge is 0.309 e. The minimum Gasteiger partial charge on any atom is -0.466 e. The van der Waals surface area contributed by atoms with Crippen LogP contribution >= 0.6 is 0 Å². The van der Waals surface area contributed by atoms with E-state index in [1.807, 2.05) is 0 Å². The Morgan fingerprint density at radius 2 is 1.90 bits per heavy atom. The molecule has 2 rings (SSSR count). The van der Waals surface area contributed by atoms with Crippen molar-refractivity contribution in [3.8, 4) is 0 Å². The van der Waals surface area contributed by atoms with Gasteiger partial charge in [0, 0.05) is 5.56 Å². The second kappa shape index (κ2) is 6.98. The fraction of sp³-hybridized carbons (Fsp3) is 0.562. The van der Waals surface area contributed by atoms with Gasteiger partial charge in [0.1, 0.15) is 0 Å². The fourth-order valence-corrected chi connectivity index (χ4v) is 2.64. The maximum absolute atomic E-state index is 14.2. The van der Waals surface area contributed by atoms with Crippen LogP contribution in [-0.4, -0.2) is 37.1 Å². The first-order chi connectivity index (χ1) is 10.0. The molecule has 1 aromatic carbocycles. The zero-order valence-electron chi connectivity index (χ0n) is 12.2. The third-order valence-electron chi connectivity index (χ3n) is 3.83. The van der Waals surface area contributed by atoms with E-state index in [9.17, 15) is 13.6 Å². The molecule has 0 amide bonds. The van der Waals surface area contributed by atoms with E-state index >= 15 is 0 Å². The van der Waals surface area contributed by atoms with E-state index in [0.717, 1.165) is 0 Å². The maximum Gasteiger partial charge on any atom is 0.309 e. The largest absolute Gasteiger partial charge is 0.466 e. The molecule has 21 heavy (non-hydrogen) atoms. The fourth-order valence-electron chi connectivity index (χ4n) is 2.64. The van der Waals surface area contributed by atoms with Gasteiger partial charge < -0.3 is 4.74 Å². The van der Waals surface area contributed by atoms with Crippen molar-refractivity contribution in [3.05, 3.63) is 35.9 Å². The molecule has 0 unspecified atom stereocenters. The van der Waals surface area contributed by atoms with Gasteiger partial charge in [0.15, 0.2) is 0 Å². The average molecular weight is 297 g/mol. The van der Waals surface area contributed by atoms with Gasteiger partial charge in [0.05, 0.1) is 19.1 Å². The first-order valence-electron chi connectivity index (χ1n) is 7.35. The summed E-state index contributed by atoms with van der Waals surface area (Å²) in [5, 5.41) is 0. The molecule has 116 valence electrons. The van der Waals surface area contributed by atoms with E-state index in [1.54, 1.807) is 30.0 Å². The number of nitrogens with zero attached hydrogens (tertiary/aromatic N) is 1. The van der Waals surface area contributed by atoms with Gasteiger partial charge in [-0.05, 0) is 32.9 Å². The van der Waals surface area contributed by atoms with Crippen LogP contribution in [0.2, 0.25) is 0 Å². The highest BCUT2D eigenvalue weighted by atomic mass is 19.3. The lowest BCUT2D eigenvalue weighted by atomic mass is 9.96. The number of hydrogen-bond donors (Lipinski definition) is 0. The highest BCUT2D eigenvalue weighted by Crippen LogP contribution is 2.30. The summed E-state index contributed by atoms with van der Waals surface area (Å²) in [4.78, 5) is 13.3. The Bertz CT molecular complexity index is 457. The summed E-state index contributed by atoms with van der Waals surface area (Å²) in [6.07, 6.45) is 1.17. The van der Waals surface area contributed by atoms with Crippen molar-refractivity contribution < 1.29 is 18.3 Å². The maximum atomic E-state index is 14.2. The van der Waals surface area contributed by atoms with Crippen molar-refractivity contribution in [1.82, 2.24) is 4.90 Å². The molecule has 1 fully saturated rings. The number of benzene rings is 1. The summed E-state index contributed by atoms with van der Waals surface area (Å²) >= 11 is 0. The lowest BCUT2D eigenvalue weighted by molar-refractivity contribution is -0.150. The normalized spacial score (nSPS) is 17.7. The SMILES string of the molecule is CCOC(=O)C1CCN(CC(F)(F)c2ccccc2)CC1. The van der Waals surface area contributed by atoms with Gasteiger partial charge in [-0.1, -0.05) is 30.3 Å². The minimum atomic E-state index is -2.86. The highest BCUT2D eigenvalue weighted by Gasteiger charge is 2.36. The summed E-state index contributed by atoms with van der Waals surface area (Å²) in [7, 11) is 0. The Balaban J connectivity index is 1.87. The Morgan fingerprint density at radius 3 is 2.48 bits per heavy atom. The zero-order chi connectivity index (χ0) is 15.3. The summed E-state index contributed by atoms with van der Waals surface area (Å²) in [6, 6.07) is 7.87. The Hall–Kier alpha value is -1.49. The molecular formula is C16H21F2NO2. The van der Waals surface area contributed by atoms with Gasteiger partial charge in [-0.15, -0.1) is 0 Å². The quantitative estimate of drug-likeness (QED) is 0.782. The minimum absolute atomic E-state index is 0.0394. The van der Waals surface area contributed by atoms with Crippen LogP contribution in [0.1, 0.15) is 25.3 Å². The van der Waals surface area contributed by atoms with Gasteiger partial charge in [-0.3, -0.25) is 9.69 Å². The molecule has 5 heteroatoms. The molecule has 0 bridgehead atoms. The molecule has 0 atom stereocenters. The molecule has 1 aliphatic heterocycles. The van der Waals surface area contributed by atoms with E-state index in [4.69, 9.17) is 4.74 Å². The van der Waals surface area contributed by atoms with Crippen LogP contribution in [0.15, 0.2) is 30.3 Å². The van der Waals surface area contributed by atoms with Crippen molar-refractivity contribution >= 4 is 5.97 Å². The predicted molar refractivity (Wildman–Crippen MR) is 76.1 cm³/mol. The monoisotopic (exact) mass is 297 g/mol. The van der Waals surface area contributed by atoms with Gasteiger partial charge in [0.25, 0.3) is 5.92 Å². The summed E-state index contributed by atoms with van der Waals surface area (Å²) < 4.78 is 33.3. The number of alkyl halides is 2. The molecule has 0 saturated carbocycles. The molecule has 1 saturated heterocycles. The summed E-state index contributed by atoms with van der Waals surface area (Å²) in [6.45, 7) is 2.85. The van der Waals surface area contributed by atoms with Crippen molar-refractivity contribution in [2.24, 2.45) is 5.92 Å². The number of likely N-dealkylation sites (tertiary alicyclic amines) is 1. The van der Waals surface area contributed by atoms with Crippen LogP contribution in [0.25, 0.3) is 0 Å². The number of rotatable bonds is 5. The Kier molecular flexibility index (Phi) is 5.28. The van der Waals surface area contributed by atoms with Crippen molar-refractivity contribution in [2.45, 2.75) is 25.7 Å². The average Bonchev–Trinajstić information content (AvgIpc) is 2.49. The van der Waals surface area contributed by atoms with Crippen molar-refractivity contribution in [1.29, 1.82) is 0 Å². The third-order valence-corrected chi connectivity index (χ3v) is 3.83.